The van der Waals surface area contributed by atoms with E-state index in [0.717, 1.165) is 21.8 Å². The molecule has 1 aliphatic rings. The van der Waals surface area contributed by atoms with Crippen LogP contribution in [0.4, 0.5) is 0 Å². The van der Waals surface area contributed by atoms with Crippen LogP contribution in [-0.2, 0) is 6.54 Å². The third kappa shape index (κ3) is 3.52. The molecule has 1 atom stereocenters. The fourth-order valence-corrected chi connectivity index (χ4v) is 4.30. The van der Waals surface area contributed by atoms with Crippen molar-refractivity contribution in [2.24, 2.45) is 0 Å². The van der Waals surface area contributed by atoms with Crippen molar-refractivity contribution in [3.63, 3.8) is 0 Å². The fourth-order valence-electron chi connectivity index (χ4n) is 3.95. The van der Waals surface area contributed by atoms with Crippen LogP contribution in [0, 0.1) is 0 Å². The molecule has 2 aromatic carbocycles. The second kappa shape index (κ2) is 7.16. The van der Waals surface area contributed by atoms with Gasteiger partial charge >= 0.3 is 0 Å². The maximum atomic E-state index is 10.6. The van der Waals surface area contributed by atoms with Crippen molar-refractivity contribution < 1.29 is 5.11 Å². The van der Waals surface area contributed by atoms with Crippen molar-refractivity contribution in [2.75, 3.05) is 6.54 Å². The first kappa shape index (κ1) is 17.2. The third-order valence-corrected chi connectivity index (χ3v) is 5.65. The molecule has 1 heterocycles. The van der Waals surface area contributed by atoms with Crippen molar-refractivity contribution in [3.8, 4) is 0 Å². The van der Waals surface area contributed by atoms with E-state index in [1.54, 1.807) is 0 Å². The molecule has 3 aromatic rings. The van der Waals surface area contributed by atoms with Crippen LogP contribution in [0.2, 0.25) is 10.0 Å². The highest BCUT2D eigenvalue weighted by molar-refractivity contribution is 6.33. The molecule has 0 aliphatic heterocycles. The van der Waals surface area contributed by atoms with E-state index in [1.165, 1.54) is 25.7 Å². The smallest absolute Gasteiger partial charge is 0.0843 e. The summed E-state index contributed by atoms with van der Waals surface area (Å²) in [4.78, 5) is 0. The highest BCUT2D eigenvalue weighted by atomic mass is 35.5. The van der Waals surface area contributed by atoms with Crippen LogP contribution in [0.25, 0.3) is 21.8 Å². The van der Waals surface area contributed by atoms with Gasteiger partial charge < -0.3 is 15.0 Å². The molecule has 1 fully saturated rings. The summed E-state index contributed by atoms with van der Waals surface area (Å²) in [6, 6.07) is 12.3. The first-order chi connectivity index (χ1) is 12.1. The summed E-state index contributed by atoms with van der Waals surface area (Å²) in [5.74, 6) is 0. The Balaban J connectivity index is 1.65. The van der Waals surface area contributed by atoms with Gasteiger partial charge in [0, 0.05) is 44.4 Å². The number of halogens is 2. The number of nitrogens with one attached hydrogen (secondary N) is 1. The summed E-state index contributed by atoms with van der Waals surface area (Å²) in [6.07, 6.45) is 4.59. The second-order valence-corrected chi connectivity index (χ2v) is 7.85. The lowest BCUT2D eigenvalue weighted by Crippen LogP contribution is -2.35. The van der Waals surface area contributed by atoms with E-state index >= 15 is 0 Å². The van der Waals surface area contributed by atoms with Gasteiger partial charge in [0.25, 0.3) is 0 Å². The molecule has 25 heavy (non-hydrogen) atoms. The first-order valence-corrected chi connectivity index (χ1v) is 9.66. The van der Waals surface area contributed by atoms with Crippen molar-refractivity contribution in [2.45, 2.75) is 44.4 Å². The SMILES string of the molecule is O[C@H](CNC1CCCC1)Cn1c2ccc(Cl)cc2c2cc(Cl)ccc21. The van der Waals surface area contributed by atoms with E-state index in [0.29, 0.717) is 29.2 Å². The van der Waals surface area contributed by atoms with Gasteiger partial charge in [-0.1, -0.05) is 36.0 Å². The third-order valence-electron chi connectivity index (χ3n) is 5.18. The Kier molecular flexibility index (Phi) is 4.92. The highest BCUT2D eigenvalue weighted by Gasteiger charge is 2.18. The molecule has 2 N–H and O–H groups in total. The van der Waals surface area contributed by atoms with Gasteiger partial charge in [0.2, 0.25) is 0 Å². The van der Waals surface area contributed by atoms with Crippen LogP contribution < -0.4 is 5.32 Å². The van der Waals surface area contributed by atoms with Crippen LogP contribution in [-0.4, -0.2) is 28.4 Å². The van der Waals surface area contributed by atoms with Crippen molar-refractivity contribution in [1.82, 2.24) is 9.88 Å². The first-order valence-electron chi connectivity index (χ1n) is 8.90. The van der Waals surface area contributed by atoms with Crippen molar-refractivity contribution >= 4 is 45.0 Å². The summed E-state index contributed by atoms with van der Waals surface area (Å²) in [7, 11) is 0. The number of rotatable bonds is 5. The van der Waals surface area contributed by atoms with Gasteiger partial charge in [0.05, 0.1) is 12.6 Å². The Morgan fingerprint density at radius 2 is 1.56 bits per heavy atom. The molecule has 1 saturated carbocycles. The predicted molar refractivity (Wildman–Crippen MR) is 106 cm³/mol. The van der Waals surface area contributed by atoms with E-state index in [4.69, 9.17) is 23.2 Å². The van der Waals surface area contributed by atoms with Crippen molar-refractivity contribution in [3.05, 3.63) is 46.4 Å². The Morgan fingerprint density at radius 3 is 2.12 bits per heavy atom. The summed E-state index contributed by atoms with van der Waals surface area (Å²) >= 11 is 12.4. The molecular formula is C20H22Cl2N2O. The number of hydrogen-bond acceptors (Lipinski definition) is 2. The number of benzene rings is 2. The minimum Gasteiger partial charge on any atom is -0.390 e. The van der Waals surface area contributed by atoms with Gasteiger partial charge in [-0.25, -0.2) is 0 Å². The summed E-state index contributed by atoms with van der Waals surface area (Å²) in [6.45, 7) is 1.16. The average molecular weight is 377 g/mol. The van der Waals surface area contributed by atoms with Crippen molar-refractivity contribution in [1.29, 1.82) is 0 Å². The lowest BCUT2D eigenvalue weighted by molar-refractivity contribution is 0.150. The summed E-state index contributed by atoms with van der Waals surface area (Å²) in [5.41, 5.74) is 2.14. The Morgan fingerprint density at radius 1 is 1.00 bits per heavy atom. The van der Waals surface area contributed by atoms with Gasteiger partial charge in [-0.15, -0.1) is 0 Å². The molecule has 0 radical (unpaired) electrons. The normalized spacial score (nSPS) is 16.9. The van der Waals surface area contributed by atoms with Gasteiger partial charge in [-0.05, 0) is 49.2 Å². The molecular weight excluding hydrogens is 355 g/mol. The number of hydrogen-bond donors (Lipinski definition) is 2. The van der Waals surface area contributed by atoms with E-state index in [1.807, 2.05) is 36.4 Å². The fraction of sp³-hybridized carbons (Fsp3) is 0.400. The van der Waals surface area contributed by atoms with Crippen LogP contribution in [0.1, 0.15) is 25.7 Å². The number of aromatic nitrogens is 1. The predicted octanol–water partition coefficient (Wildman–Crippen LogP) is 4.99. The minimum absolute atomic E-state index is 0.439. The van der Waals surface area contributed by atoms with Gasteiger partial charge in [0.15, 0.2) is 0 Å². The lowest BCUT2D eigenvalue weighted by atomic mass is 10.1. The zero-order valence-corrected chi connectivity index (χ0v) is 15.5. The van der Waals surface area contributed by atoms with E-state index in [-0.39, 0.29) is 0 Å². The topological polar surface area (TPSA) is 37.2 Å². The zero-order chi connectivity index (χ0) is 17.4. The molecule has 4 rings (SSSR count). The second-order valence-electron chi connectivity index (χ2n) is 6.98. The zero-order valence-electron chi connectivity index (χ0n) is 14.0. The Labute approximate surface area is 157 Å². The Hall–Kier alpha value is -1.26. The molecule has 5 heteroatoms. The van der Waals surface area contributed by atoms with Gasteiger partial charge in [0.1, 0.15) is 0 Å². The summed E-state index contributed by atoms with van der Waals surface area (Å²) in [5, 5.41) is 17.6. The van der Waals surface area contributed by atoms with Crippen LogP contribution >= 0.6 is 23.2 Å². The molecule has 0 spiro atoms. The average Bonchev–Trinajstić information content (AvgIpc) is 3.20. The molecule has 3 nitrogen and oxygen atoms in total. The maximum absolute atomic E-state index is 10.6. The van der Waals surface area contributed by atoms with E-state index < -0.39 is 6.10 Å². The van der Waals surface area contributed by atoms with Crippen LogP contribution in [0.15, 0.2) is 36.4 Å². The number of aliphatic hydroxyl groups is 1. The summed E-state index contributed by atoms with van der Waals surface area (Å²) < 4.78 is 2.16. The Bertz CT molecular complexity index is 840. The number of fused-ring (bicyclic) bond motifs is 3. The number of nitrogens with zero attached hydrogens (tertiary/aromatic N) is 1. The van der Waals surface area contributed by atoms with Gasteiger partial charge in [-0.3, -0.25) is 0 Å². The molecule has 0 unspecified atom stereocenters. The molecule has 1 aromatic heterocycles. The molecule has 0 amide bonds. The molecule has 132 valence electrons. The maximum Gasteiger partial charge on any atom is 0.0843 e. The van der Waals surface area contributed by atoms with E-state index in [9.17, 15) is 5.11 Å². The van der Waals surface area contributed by atoms with Crippen LogP contribution in [0.5, 0.6) is 0 Å². The minimum atomic E-state index is -0.439. The monoisotopic (exact) mass is 376 g/mol. The molecule has 0 bridgehead atoms. The van der Waals surface area contributed by atoms with Gasteiger partial charge in [-0.2, -0.15) is 0 Å². The number of aliphatic hydroxyl groups excluding tert-OH is 1. The quantitative estimate of drug-likeness (QED) is 0.657. The molecule has 1 aliphatic carbocycles. The standard InChI is InChI=1S/C20H22Cl2N2O/c21-13-5-7-19-17(9-13)18-10-14(22)6-8-20(18)24(19)12-16(25)11-23-15-3-1-2-4-15/h5-10,15-16,23,25H,1-4,11-12H2/t16-/m1/s1. The largest absolute Gasteiger partial charge is 0.390 e. The van der Waals surface area contributed by atoms with Crippen LogP contribution in [0.3, 0.4) is 0 Å². The van der Waals surface area contributed by atoms with E-state index in [2.05, 4.69) is 9.88 Å². The lowest BCUT2D eigenvalue weighted by Gasteiger charge is -2.18. The molecule has 0 saturated heterocycles. The highest BCUT2D eigenvalue weighted by Crippen LogP contribution is 2.33.